The smallest absolute Gasteiger partial charge is 0.465 e. The van der Waals surface area contributed by atoms with Crippen LogP contribution in [0.5, 0.6) is 5.75 Å². The maximum atomic E-state index is 12.5. The monoisotopic (exact) mass is 269 g/mol. The molecular weight excluding hydrogens is 262 g/mol. The molecular formula is C9H7F4NO4. The van der Waals surface area contributed by atoms with Gasteiger partial charge < -0.3 is 14.5 Å². The highest BCUT2D eigenvalue weighted by molar-refractivity contribution is 5.92. The van der Waals surface area contributed by atoms with Crippen LogP contribution in [0.15, 0.2) is 10.9 Å². The number of aromatic amines is 1. The molecule has 0 fully saturated rings. The Labute approximate surface area is 97.3 Å². The highest BCUT2D eigenvalue weighted by Crippen LogP contribution is 2.29. The van der Waals surface area contributed by atoms with Crippen LogP contribution in [0.25, 0.3) is 0 Å². The van der Waals surface area contributed by atoms with Crippen LogP contribution >= 0.6 is 0 Å². The number of hydrogen-bond donors (Lipinski definition) is 1. The maximum absolute atomic E-state index is 12.5. The molecule has 0 amide bonds. The van der Waals surface area contributed by atoms with Crippen molar-refractivity contribution in [2.24, 2.45) is 0 Å². The summed E-state index contributed by atoms with van der Waals surface area (Å²) in [4.78, 5) is 24.0. The van der Waals surface area contributed by atoms with E-state index in [4.69, 9.17) is 0 Å². The third-order valence-electron chi connectivity index (χ3n) is 1.82. The van der Waals surface area contributed by atoms with Gasteiger partial charge in [0.1, 0.15) is 12.2 Å². The van der Waals surface area contributed by atoms with Gasteiger partial charge >= 0.3 is 12.3 Å². The van der Waals surface area contributed by atoms with Crippen molar-refractivity contribution in [3.63, 3.8) is 0 Å². The summed E-state index contributed by atoms with van der Waals surface area (Å²) in [6.07, 6.45) is -5.13. The zero-order chi connectivity index (χ0) is 13.9. The number of methoxy groups -OCH3 is 1. The highest BCUT2D eigenvalue weighted by Gasteiger charge is 2.35. The van der Waals surface area contributed by atoms with Gasteiger partial charge in [0.25, 0.3) is 0 Å². The zero-order valence-corrected chi connectivity index (χ0v) is 8.93. The number of pyridine rings is 1. The van der Waals surface area contributed by atoms with Crippen molar-refractivity contribution in [3.05, 3.63) is 27.7 Å². The molecule has 0 spiro atoms. The van der Waals surface area contributed by atoms with E-state index in [1.165, 1.54) is 0 Å². The largest absolute Gasteiger partial charge is 0.573 e. The summed E-state index contributed by atoms with van der Waals surface area (Å²) in [5, 5.41) is 0. The van der Waals surface area contributed by atoms with Crippen LogP contribution in [0.3, 0.4) is 0 Å². The molecule has 0 saturated heterocycles. The first-order chi connectivity index (χ1) is 8.28. The lowest BCUT2D eigenvalue weighted by Crippen LogP contribution is -2.23. The molecule has 0 aliphatic rings. The van der Waals surface area contributed by atoms with Gasteiger partial charge in [0, 0.05) is 6.07 Å². The lowest BCUT2D eigenvalue weighted by atomic mass is 10.2. The topological polar surface area (TPSA) is 68.4 Å². The summed E-state index contributed by atoms with van der Waals surface area (Å²) in [6.45, 7) is -1.44. The molecule has 1 aromatic rings. The Morgan fingerprint density at radius 3 is 2.50 bits per heavy atom. The van der Waals surface area contributed by atoms with E-state index in [1.54, 1.807) is 4.98 Å². The van der Waals surface area contributed by atoms with Gasteiger partial charge in [-0.1, -0.05) is 0 Å². The van der Waals surface area contributed by atoms with Crippen molar-refractivity contribution in [1.29, 1.82) is 0 Å². The number of nitrogens with one attached hydrogen (secondary N) is 1. The van der Waals surface area contributed by atoms with Crippen molar-refractivity contribution < 1.29 is 31.8 Å². The molecule has 0 saturated carbocycles. The van der Waals surface area contributed by atoms with Gasteiger partial charge in [-0.05, 0) is 0 Å². The number of H-pyrrole nitrogens is 1. The Morgan fingerprint density at radius 2 is 2.06 bits per heavy atom. The number of rotatable bonds is 3. The molecule has 100 valence electrons. The fraction of sp³-hybridized carbons (Fsp3) is 0.333. The summed E-state index contributed by atoms with van der Waals surface area (Å²) in [5.41, 5.74) is -2.54. The number of ether oxygens (including phenoxy) is 2. The van der Waals surface area contributed by atoms with E-state index < -0.39 is 41.6 Å². The van der Waals surface area contributed by atoms with Gasteiger partial charge in [-0.25, -0.2) is 9.18 Å². The predicted molar refractivity (Wildman–Crippen MR) is 49.9 cm³/mol. The quantitative estimate of drug-likeness (QED) is 0.667. The first-order valence-corrected chi connectivity index (χ1v) is 4.44. The van der Waals surface area contributed by atoms with Gasteiger partial charge in [0.2, 0.25) is 5.56 Å². The second-order valence-corrected chi connectivity index (χ2v) is 3.03. The van der Waals surface area contributed by atoms with Crippen LogP contribution < -0.4 is 10.3 Å². The fourth-order valence-corrected chi connectivity index (χ4v) is 1.19. The first kappa shape index (κ1) is 14.0. The van der Waals surface area contributed by atoms with Crippen molar-refractivity contribution >= 4 is 5.97 Å². The molecule has 0 aromatic carbocycles. The Kier molecular flexibility index (Phi) is 3.94. The van der Waals surface area contributed by atoms with Gasteiger partial charge in [0.15, 0.2) is 5.75 Å². The Balaban J connectivity index is 3.42. The molecule has 1 rings (SSSR count). The van der Waals surface area contributed by atoms with E-state index >= 15 is 0 Å². The number of esters is 1. The molecule has 0 aliphatic carbocycles. The number of carbonyl (C=O) groups is 1. The van der Waals surface area contributed by atoms with Crippen molar-refractivity contribution in [2.45, 2.75) is 13.0 Å². The second-order valence-electron chi connectivity index (χ2n) is 3.03. The SMILES string of the molecule is COC(=O)c1cc(=O)[nH]c(CF)c1OC(F)(F)F. The van der Waals surface area contributed by atoms with Gasteiger partial charge in [0.05, 0.1) is 12.8 Å². The molecule has 0 bridgehead atoms. The summed E-state index contributed by atoms with van der Waals surface area (Å²) >= 11 is 0. The van der Waals surface area contributed by atoms with Crippen molar-refractivity contribution in [2.75, 3.05) is 7.11 Å². The van der Waals surface area contributed by atoms with Crippen molar-refractivity contribution in [1.82, 2.24) is 4.98 Å². The Morgan fingerprint density at radius 1 is 1.44 bits per heavy atom. The third-order valence-corrected chi connectivity index (χ3v) is 1.82. The lowest BCUT2D eigenvalue weighted by molar-refractivity contribution is -0.275. The average molecular weight is 269 g/mol. The number of aromatic nitrogens is 1. The molecule has 5 nitrogen and oxygen atoms in total. The van der Waals surface area contributed by atoms with Crippen LogP contribution in [0.4, 0.5) is 17.6 Å². The summed E-state index contributed by atoms with van der Waals surface area (Å²) in [5.74, 6) is -2.36. The number of halogens is 4. The zero-order valence-electron chi connectivity index (χ0n) is 8.93. The third kappa shape index (κ3) is 3.22. The summed E-state index contributed by atoms with van der Waals surface area (Å²) in [6, 6.07) is 0.534. The highest BCUT2D eigenvalue weighted by atomic mass is 19.4. The Hall–Kier alpha value is -2.06. The van der Waals surface area contributed by atoms with Crippen molar-refractivity contribution in [3.8, 4) is 5.75 Å². The van der Waals surface area contributed by atoms with Crippen LogP contribution in [0, 0.1) is 0 Å². The molecule has 0 unspecified atom stereocenters. The van der Waals surface area contributed by atoms with Crippen LogP contribution in [0.2, 0.25) is 0 Å². The fourth-order valence-electron chi connectivity index (χ4n) is 1.19. The predicted octanol–water partition coefficient (Wildman–Crippen LogP) is 1.53. The molecule has 0 radical (unpaired) electrons. The van der Waals surface area contributed by atoms with Gasteiger partial charge in [-0.15, -0.1) is 13.2 Å². The molecule has 0 atom stereocenters. The van der Waals surface area contributed by atoms with E-state index in [0.717, 1.165) is 7.11 Å². The molecule has 9 heteroatoms. The van der Waals surface area contributed by atoms with E-state index in [9.17, 15) is 27.2 Å². The molecule has 1 aromatic heterocycles. The molecule has 18 heavy (non-hydrogen) atoms. The minimum atomic E-state index is -5.13. The molecule has 1 N–H and O–H groups in total. The normalized spacial score (nSPS) is 11.2. The summed E-state index contributed by atoms with van der Waals surface area (Å²) < 4.78 is 56.6. The minimum Gasteiger partial charge on any atom is -0.465 e. The standard InChI is InChI=1S/C9H7F4NO4/c1-17-8(16)4-2-6(15)14-5(3-10)7(4)18-9(11,12)13/h2H,3H2,1H3,(H,14,15). The lowest BCUT2D eigenvalue weighted by Gasteiger charge is -2.14. The molecule has 0 aliphatic heterocycles. The van der Waals surface area contributed by atoms with E-state index in [-0.39, 0.29) is 0 Å². The van der Waals surface area contributed by atoms with Gasteiger partial charge in [-0.2, -0.15) is 0 Å². The van der Waals surface area contributed by atoms with Gasteiger partial charge in [-0.3, -0.25) is 4.79 Å². The second kappa shape index (κ2) is 5.07. The molecule has 1 heterocycles. The van der Waals surface area contributed by atoms with E-state index in [0.29, 0.717) is 6.07 Å². The van der Waals surface area contributed by atoms with Crippen LogP contribution in [0.1, 0.15) is 16.1 Å². The first-order valence-electron chi connectivity index (χ1n) is 4.44. The van der Waals surface area contributed by atoms with E-state index in [2.05, 4.69) is 9.47 Å². The number of alkyl halides is 4. The number of carbonyl (C=O) groups excluding carboxylic acids is 1. The summed E-state index contributed by atoms with van der Waals surface area (Å²) in [7, 11) is 0.899. The average Bonchev–Trinajstić information content (AvgIpc) is 2.28. The maximum Gasteiger partial charge on any atom is 0.573 e. The van der Waals surface area contributed by atoms with E-state index in [1.807, 2.05) is 0 Å². The Bertz CT molecular complexity index is 508. The minimum absolute atomic E-state index is 0.534. The number of hydrogen-bond acceptors (Lipinski definition) is 4. The van der Waals surface area contributed by atoms with Crippen LogP contribution in [-0.4, -0.2) is 24.4 Å². The van der Waals surface area contributed by atoms with Crippen LogP contribution in [-0.2, 0) is 11.4 Å².